The zero-order valence-electron chi connectivity index (χ0n) is 23.1. The van der Waals surface area contributed by atoms with Crippen LogP contribution < -0.4 is 5.32 Å². The number of carbonyl (C=O) groups is 1. The number of benzene rings is 1. The number of amides is 1. The third-order valence-corrected chi connectivity index (χ3v) is 9.36. The number of hydrogen-bond donors (Lipinski definition) is 1. The van der Waals surface area contributed by atoms with E-state index in [9.17, 15) is 9.18 Å². The molecule has 2 aliphatic heterocycles. The van der Waals surface area contributed by atoms with E-state index in [1.165, 1.54) is 68.5 Å². The molecule has 3 fully saturated rings. The maximum absolute atomic E-state index is 14.4. The number of likely N-dealkylation sites (tertiary alicyclic amines) is 1. The maximum Gasteiger partial charge on any atom is 0.256 e. The Morgan fingerprint density at radius 2 is 2.03 bits per heavy atom. The van der Waals surface area contributed by atoms with Crippen LogP contribution in [0.2, 0.25) is 0 Å². The Bertz CT molecular complexity index is 1350. The van der Waals surface area contributed by atoms with Crippen molar-refractivity contribution in [1.29, 1.82) is 0 Å². The minimum absolute atomic E-state index is 0.0145. The van der Waals surface area contributed by atoms with Crippen molar-refractivity contribution >= 4 is 16.8 Å². The minimum atomic E-state index is -0.405. The molecule has 1 spiro atoms. The second-order valence-electron chi connectivity index (χ2n) is 12.5. The summed E-state index contributed by atoms with van der Waals surface area (Å²) in [6, 6.07) is 4.54. The quantitative estimate of drug-likeness (QED) is 0.488. The topological polar surface area (TPSA) is 53.4 Å². The fraction of sp³-hybridized carbons (Fsp3) is 0.548. The third kappa shape index (κ3) is 4.54. The van der Waals surface area contributed by atoms with E-state index in [2.05, 4.69) is 32.9 Å². The molecule has 1 saturated carbocycles. The number of nitrogens with zero attached hydrogens (tertiary/aromatic N) is 4. The van der Waals surface area contributed by atoms with Gasteiger partial charge >= 0.3 is 0 Å². The van der Waals surface area contributed by atoms with E-state index < -0.39 is 5.82 Å². The van der Waals surface area contributed by atoms with Crippen LogP contribution in [0.3, 0.4) is 0 Å². The summed E-state index contributed by atoms with van der Waals surface area (Å²) in [5.41, 5.74) is 5.10. The van der Waals surface area contributed by atoms with Gasteiger partial charge in [-0.15, -0.1) is 0 Å². The number of rotatable bonds is 7. The summed E-state index contributed by atoms with van der Waals surface area (Å²) in [6.07, 6.45) is 11.0. The standard InChI is InChI=1S/C31H40FN5O/c1-20(2)35(4)30(38)26-10-25(32)5-6-27(26)37-17-24(29-21(3)13-33-14-28(29)37)9-22-7-8-36(15-22)16-23-11-31(12-23)18-34-19-31/h5-6,10,13-14,17,20,22-23,34H,7-9,11-12,15-16,18-19H2,1-4H3/t22-/m1/s1. The van der Waals surface area contributed by atoms with Crippen LogP contribution in [0, 0.1) is 30.0 Å². The summed E-state index contributed by atoms with van der Waals surface area (Å²) in [5.74, 6) is 0.893. The maximum atomic E-state index is 14.4. The predicted molar refractivity (Wildman–Crippen MR) is 149 cm³/mol. The first-order valence-electron chi connectivity index (χ1n) is 14.2. The molecule has 3 aromatic rings. The normalized spacial score (nSPS) is 21.3. The van der Waals surface area contributed by atoms with Gasteiger partial charge in [0.1, 0.15) is 5.82 Å². The molecular formula is C31H40FN5O. The lowest BCUT2D eigenvalue weighted by atomic mass is 9.58. The monoisotopic (exact) mass is 517 g/mol. The molecule has 1 atom stereocenters. The molecule has 2 saturated heterocycles. The van der Waals surface area contributed by atoms with Crippen LogP contribution in [0.25, 0.3) is 16.6 Å². The molecule has 3 aliphatic rings. The highest BCUT2D eigenvalue weighted by atomic mass is 19.1. The Balaban J connectivity index is 1.26. The van der Waals surface area contributed by atoms with Gasteiger partial charge < -0.3 is 19.7 Å². The molecule has 0 bridgehead atoms. The molecule has 1 aliphatic carbocycles. The first-order valence-corrected chi connectivity index (χ1v) is 14.2. The Morgan fingerprint density at radius 1 is 1.24 bits per heavy atom. The van der Waals surface area contributed by atoms with E-state index in [1.54, 1.807) is 18.0 Å². The highest BCUT2D eigenvalue weighted by Crippen LogP contribution is 2.48. The van der Waals surface area contributed by atoms with Crippen molar-refractivity contribution in [2.24, 2.45) is 17.3 Å². The first kappa shape index (κ1) is 25.5. The third-order valence-electron chi connectivity index (χ3n) is 9.36. The summed E-state index contributed by atoms with van der Waals surface area (Å²) in [4.78, 5) is 22.2. The van der Waals surface area contributed by atoms with Gasteiger partial charge in [-0.1, -0.05) is 0 Å². The fourth-order valence-electron chi connectivity index (χ4n) is 7.09. The SMILES string of the molecule is Cc1cncc2c1c(C[C@H]1CCN(CC3CC4(CNC4)C3)C1)cn2-c1ccc(F)cc1C(=O)N(C)C(C)C. The number of nitrogens with one attached hydrogen (secondary N) is 1. The second-order valence-corrected chi connectivity index (χ2v) is 12.5. The lowest BCUT2D eigenvalue weighted by Gasteiger charge is -2.55. The van der Waals surface area contributed by atoms with Crippen LogP contribution in [-0.4, -0.2) is 71.1 Å². The largest absolute Gasteiger partial charge is 0.339 e. The Morgan fingerprint density at radius 3 is 2.74 bits per heavy atom. The van der Waals surface area contributed by atoms with Gasteiger partial charge in [0.25, 0.3) is 5.91 Å². The van der Waals surface area contributed by atoms with Gasteiger partial charge in [0.15, 0.2) is 0 Å². The molecule has 1 aromatic carbocycles. The van der Waals surface area contributed by atoms with Crippen LogP contribution in [0.1, 0.15) is 54.6 Å². The van der Waals surface area contributed by atoms with Crippen LogP contribution in [0.5, 0.6) is 0 Å². The molecule has 2 aromatic heterocycles. The molecule has 1 N–H and O–H groups in total. The smallest absolute Gasteiger partial charge is 0.256 e. The van der Waals surface area contributed by atoms with E-state index >= 15 is 0 Å². The van der Waals surface area contributed by atoms with Gasteiger partial charge in [-0.05, 0) is 99.6 Å². The summed E-state index contributed by atoms with van der Waals surface area (Å²) in [6.45, 7) is 12.1. The van der Waals surface area contributed by atoms with Crippen molar-refractivity contribution in [3.8, 4) is 5.69 Å². The first-order chi connectivity index (χ1) is 18.2. The summed E-state index contributed by atoms with van der Waals surface area (Å²) >= 11 is 0. The minimum Gasteiger partial charge on any atom is -0.339 e. The van der Waals surface area contributed by atoms with Gasteiger partial charge in [-0.3, -0.25) is 9.78 Å². The van der Waals surface area contributed by atoms with E-state index in [4.69, 9.17) is 0 Å². The highest BCUT2D eigenvalue weighted by molar-refractivity contribution is 5.99. The summed E-state index contributed by atoms with van der Waals surface area (Å²) in [7, 11) is 1.77. The molecule has 6 rings (SSSR count). The number of aromatic nitrogens is 2. The van der Waals surface area contributed by atoms with Crippen molar-refractivity contribution < 1.29 is 9.18 Å². The van der Waals surface area contributed by atoms with Gasteiger partial charge in [0.05, 0.1) is 23.0 Å². The molecule has 6 nitrogen and oxygen atoms in total. The molecule has 7 heteroatoms. The van der Waals surface area contributed by atoms with Gasteiger partial charge in [0, 0.05) is 57.0 Å². The Labute approximate surface area is 225 Å². The lowest BCUT2D eigenvalue weighted by Crippen LogP contribution is -2.61. The molecular weight excluding hydrogens is 477 g/mol. The molecule has 202 valence electrons. The van der Waals surface area contributed by atoms with Crippen LogP contribution in [0.4, 0.5) is 4.39 Å². The lowest BCUT2D eigenvalue weighted by molar-refractivity contribution is -0.0131. The van der Waals surface area contributed by atoms with E-state index in [0.29, 0.717) is 22.6 Å². The summed E-state index contributed by atoms with van der Waals surface area (Å²) in [5, 5.41) is 4.65. The number of aryl methyl sites for hydroxylation is 1. The summed E-state index contributed by atoms with van der Waals surface area (Å²) < 4.78 is 16.4. The average molecular weight is 518 g/mol. The fourth-order valence-corrected chi connectivity index (χ4v) is 7.09. The van der Waals surface area contributed by atoms with E-state index in [-0.39, 0.29) is 11.9 Å². The van der Waals surface area contributed by atoms with Crippen molar-refractivity contribution in [2.75, 3.05) is 39.8 Å². The predicted octanol–water partition coefficient (Wildman–Crippen LogP) is 4.82. The molecule has 4 heterocycles. The van der Waals surface area contributed by atoms with Crippen molar-refractivity contribution in [2.45, 2.75) is 52.5 Å². The number of pyridine rings is 1. The van der Waals surface area contributed by atoms with Crippen molar-refractivity contribution in [3.63, 3.8) is 0 Å². The van der Waals surface area contributed by atoms with Crippen molar-refractivity contribution in [3.05, 3.63) is 59.3 Å². The number of carbonyl (C=O) groups excluding carboxylic acids is 1. The number of hydrogen-bond acceptors (Lipinski definition) is 4. The average Bonchev–Trinajstić information content (AvgIpc) is 3.44. The van der Waals surface area contributed by atoms with Crippen LogP contribution in [0.15, 0.2) is 36.8 Å². The highest BCUT2D eigenvalue weighted by Gasteiger charge is 2.48. The van der Waals surface area contributed by atoms with Crippen LogP contribution in [-0.2, 0) is 6.42 Å². The van der Waals surface area contributed by atoms with Gasteiger partial charge in [0.2, 0.25) is 0 Å². The zero-order chi connectivity index (χ0) is 26.6. The Hall–Kier alpha value is -2.77. The number of fused-ring (bicyclic) bond motifs is 1. The van der Waals surface area contributed by atoms with Gasteiger partial charge in [-0.2, -0.15) is 0 Å². The van der Waals surface area contributed by atoms with Crippen molar-refractivity contribution in [1.82, 2.24) is 24.7 Å². The van der Waals surface area contributed by atoms with E-state index in [1.807, 2.05) is 26.2 Å². The number of halogens is 1. The second kappa shape index (κ2) is 9.76. The molecule has 38 heavy (non-hydrogen) atoms. The van der Waals surface area contributed by atoms with E-state index in [0.717, 1.165) is 30.0 Å². The zero-order valence-corrected chi connectivity index (χ0v) is 23.1. The Kier molecular flexibility index (Phi) is 6.55. The molecule has 0 radical (unpaired) electrons. The van der Waals surface area contributed by atoms with Crippen LogP contribution >= 0.6 is 0 Å². The molecule has 0 unspecified atom stereocenters. The molecule has 1 amide bonds. The van der Waals surface area contributed by atoms with Gasteiger partial charge in [-0.25, -0.2) is 4.39 Å².